The summed E-state index contributed by atoms with van der Waals surface area (Å²) in [5, 5.41) is 15.8. The summed E-state index contributed by atoms with van der Waals surface area (Å²) in [6, 6.07) is 3.89. The number of nitro groups is 1. The maximum Gasteiger partial charge on any atom is 0.292 e. The van der Waals surface area contributed by atoms with Crippen LogP contribution in [0.1, 0.15) is 12.8 Å². The normalized spacial score (nSPS) is 10.0. The van der Waals surface area contributed by atoms with Gasteiger partial charge in [-0.15, -0.1) is 23.2 Å². The average molecular weight is 334 g/mol. The van der Waals surface area contributed by atoms with E-state index in [4.69, 9.17) is 23.2 Å². The van der Waals surface area contributed by atoms with Crippen molar-refractivity contribution in [2.24, 2.45) is 0 Å². The van der Waals surface area contributed by atoms with Gasteiger partial charge in [-0.3, -0.25) is 19.7 Å². The standard InChI is InChI=1S/C12H13Cl2N3O4/c13-5-3-11(18)15-8-1-2-10(17(20)21)9(7-8)16-12(19)4-6-14/h1-2,7H,3-6H2,(H,15,18)(H,16,19). The second-order valence-corrected chi connectivity index (χ2v) is 4.72. The van der Waals surface area contributed by atoms with Crippen LogP contribution in [0.3, 0.4) is 0 Å². The molecule has 0 bridgehead atoms. The third kappa shape index (κ3) is 5.57. The number of halogens is 2. The van der Waals surface area contributed by atoms with Gasteiger partial charge in [-0.25, -0.2) is 0 Å². The fraction of sp³-hybridized carbons (Fsp3) is 0.333. The Bertz CT molecular complexity index is 551. The number of alkyl halides is 2. The summed E-state index contributed by atoms with van der Waals surface area (Å²) in [5.41, 5.74) is 0.0592. The van der Waals surface area contributed by atoms with Gasteiger partial charge in [-0.05, 0) is 12.1 Å². The number of carbonyl (C=O) groups excluding carboxylic acids is 2. The van der Waals surface area contributed by atoms with E-state index in [0.717, 1.165) is 0 Å². The van der Waals surface area contributed by atoms with Crippen molar-refractivity contribution in [3.05, 3.63) is 28.3 Å². The highest BCUT2D eigenvalue weighted by molar-refractivity contribution is 6.19. The van der Waals surface area contributed by atoms with Gasteiger partial charge in [0.25, 0.3) is 5.69 Å². The average Bonchev–Trinajstić information content (AvgIpc) is 2.38. The van der Waals surface area contributed by atoms with Gasteiger partial charge in [0.2, 0.25) is 11.8 Å². The lowest BCUT2D eigenvalue weighted by molar-refractivity contribution is -0.383. The van der Waals surface area contributed by atoms with E-state index in [1.807, 2.05) is 0 Å². The fourth-order valence-electron chi connectivity index (χ4n) is 1.48. The molecule has 1 rings (SSSR count). The van der Waals surface area contributed by atoms with Gasteiger partial charge >= 0.3 is 0 Å². The van der Waals surface area contributed by atoms with Gasteiger partial charge in [-0.2, -0.15) is 0 Å². The Morgan fingerprint density at radius 1 is 1.10 bits per heavy atom. The molecule has 1 aromatic rings. The van der Waals surface area contributed by atoms with Gasteiger partial charge in [0, 0.05) is 36.4 Å². The zero-order chi connectivity index (χ0) is 15.8. The molecule has 0 fully saturated rings. The monoisotopic (exact) mass is 333 g/mol. The first-order chi connectivity index (χ1) is 9.97. The van der Waals surface area contributed by atoms with Crippen LogP contribution >= 0.6 is 23.2 Å². The molecule has 0 aliphatic carbocycles. The van der Waals surface area contributed by atoms with Gasteiger partial charge < -0.3 is 10.6 Å². The summed E-state index contributed by atoms with van der Waals surface area (Å²) in [7, 11) is 0. The van der Waals surface area contributed by atoms with Gasteiger partial charge in [0.1, 0.15) is 5.69 Å². The molecule has 0 atom stereocenters. The predicted molar refractivity (Wildman–Crippen MR) is 81.0 cm³/mol. The van der Waals surface area contributed by atoms with Crippen molar-refractivity contribution in [1.29, 1.82) is 0 Å². The molecule has 0 radical (unpaired) electrons. The Kier molecular flexibility index (Phi) is 6.90. The third-order valence-electron chi connectivity index (χ3n) is 2.39. The van der Waals surface area contributed by atoms with Gasteiger partial charge in [-0.1, -0.05) is 0 Å². The minimum Gasteiger partial charge on any atom is -0.326 e. The highest BCUT2D eigenvalue weighted by Gasteiger charge is 2.17. The molecule has 21 heavy (non-hydrogen) atoms. The molecule has 0 spiro atoms. The summed E-state index contributed by atoms with van der Waals surface area (Å²) in [6.07, 6.45) is 0.147. The largest absolute Gasteiger partial charge is 0.326 e. The molecule has 7 nitrogen and oxygen atoms in total. The van der Waals surface area contributed by atoms with Gasteiger partial charge in [0.15, 0.2) is 0 Å². The number of amides is 2. The smallest absolute Gasteiger partial charge is 0.292 e. The van der Waals surface area contributed by atoms with E-state index < -0.39 is 10.8 Å². The Labute approximate surface area is 130 Å². The number of carbonyl (C=O) groups is 2. The van der Waals surface area contributed by atoms with E-state index in [1.165, 1.54) is 18.2 Å². The van der Waals surface area contributed by atoms with Crippen LogP contribution in [0.25, 0.3) is 0 Å². The molecule has 0 unspecified atom stereocenters. The number of nitrogens with one attached hydrogen (secondary N) is 2. The second kappa shape index (κ2) is 8.43. The second-order valence-electron chi connectivity index (χ2n) is 3.96. The van der Waals surface area contributed by atoms with E-state index in [2.05, 4.69) is 10.6 Å². The zero-order valence-corrected chi connectivity index (χ0v) is 12.4. The van der Waals surface area contributed by atoms with E-state index in [1.54, 1.807) is 0 Å². The highest BCUT2D eigenvalue weighted by atomic mass is 35.5. The van der Waals surface area contributed by atoms with Crippen LogP contribution in [-0.4, -0.2) is 28.5 Å². The maximum absolute atomic E-state index is 11.5. The Balaban J connectivity index is 2.97. The lowest BCUT2D eigenvalue weighted by Crippen LogP contribution is -2.15. The van der Waals surface area contributed by atoms with E-state index >= 15 is 0 Å². The van der Waals surface area contributed by atoms with Crippen molar-refractivity contribution in [2.45, 2.75) is 12.8 Å². The van der Waals surface area contributed by atoms with Gasteiger partial charge in [0.05, 0.1) is 4.92 Å². The summed E-state index contributed by atoms with van der Waals surface area (Å²) >= 11 is 10.9. The minimum atomic E-state index is -0.624. The van der Waals surface area contributed by atoms with Crippen LogP contribution in [-0.2, 0) is 9.59 Å². The summed E-state index contributed by atoms with van der Waals surface area (Å²) in [4.78, 5) is 33.2. The fourth-order valence-corrected chi connectivity index (χ4v) is 1.82. The molecular formula is C12H13Cl2N3O4. The van der Waals surface area contributed by atoms with Crippen LogP contribution in [0, 0.1) is 10.1 Å². The quantitative estimate of drug-likeness (QED) is 0.455. The van der Waals surface area contributed by atoms with Crippen molar-refractivity contribution in [3.8, 4) is 0 Å². The number of hydrogen-bond donors (Lipinski definition) is 2. The van der Waals surface area contributed by atoms with Crippen LogP contribution in [0.2, 0.25) is 0 Å². The van der Waals surface area contributed by atoms with Crippen molar-refractivity contribution in [3.63, 3.8) is 0 Å². The van der Waals surface area contributed by atoms with Crippen molar-refractivity contribution in [1.82, 2.24) is 0 Å². The number of benzene rings is 1. The molecule has 2 amide bonds. The zero-order valence-electron chi connectivity index (χ0n) is 10.9. The molecule has 114 valence electrons. The first kappa shape index (κ1) is 17.2. The SMILES string of the molecule is O=C(CCCl)Nc1ccc([N+](=O)[O-])c(NC(=O)CCCl)c1. The van der Waals surface area contributed by atoms with Crippen LogP contribution in [0.15, 0.2) is 18.2 Å². The lowest BCUT2D eigenvalue weighted by atomic mass is 10.2. The summed E-state index contributed by atoms with van der Waals surface area (Å²) < 4.78 is 0. The van der Waals surface area contributed by atoms with Crippen LogP contribution in [0.4, 0.5) is 17.1 Å². The van der Waals surface area contributed by atoms with E-state index in [0.29, 0.717) is 5.69 Å². The van der Waals surface area contributed by atoms with E-state index in [9.17, 15) is 19.7 Å². The third-order valence-corrected chi connectivity index (χ3v) is 2.77. The summed E-state index contributed by atoms with van der Waals surface area (Å²) in [5.74, 6) is -0.501. The predicted octanol–water partition coefficient (Wildman–Crippen LogP) is 2.73. The number of nitro benzene ring substituents is 1. The maximum atomic E-state index is 11.5. The Morgan fingerprint density at radius 2 is 1.67 bits per heavy atom. The van der Waals surface area contributed by atoms with Crippen molar-refractivity contribution < 1.29 is 14.5 Å². The molecule has 0 heterocycles. The topological polar surface area (TPSA) is 101 Å². The minimum absolute atomic E-state index is 0.00112. The molecule has 1 aromatic carbocycles. The Hall–Kier alpha value is -1.86. The van der Waals surface area contributed by atoms with Crippen LogP contribution < -0.4 is 10.6 Å². The molecule has 9 heteroatoms. The molecular weight excluding hydrogens is 321 g/mol. The number of nitrogens with zero attached hydrogens (tertiary/aromatic N) is 1. The molecule has 0 aliphatic rings. The molecule has 0 aliphatic heterocycles. The first-order valence-corrected chi connectivity index (χ1v) is 7.05. The lowest BCUT2D eigenvalue weighted by Gasteiger charge is -2.09. The molecule has 0 aromatic heterocycles. The molecule has 0 saturated heterocycles. The number of anilines is 2. The van der Waals surface area contributed by atoms with Crippen molar-refractivity contribution in [2.75, 3.05) is 22.4 Å². The molecule has 0 saturated carbocycles. The first-order valence-electron chi connectivity index (χ1n) is 5.98. The molecule has 2 N–H and O–H groups in total. The van der Waals surface area contributed by atoms with Crippen LogP contribution in [0.5, 0.6) is 0 Å². The highest BCUT2D eigenvalue weighted by Crippen LogP contribution is 2.28. The van der Waals surface area contributed by atoms with E-state index in [-0.39, 0.29) is 41.9 Å². The van der Waals surface area contributed by atoms with Crippen molar-refractivity contribution >= 4 is 52.1 Å². The number of hydrogen-bond acceptors (Lipinski definition) is 4. The number of rotatable bonds is 7. The Morgan fingerprint density at radius 3 is 2.19 bits per heavy atom. The summed E-state index contributed by atoms with van der Waals surface area (Å²) in [6.45, 7) is 0.